The molecule has 1 aliphatic rings. The highest BCUT2D eigenvalue weighted by Crippen LogP contribution is 2.16. The molecule has 1 aliphatic heterocycles. The van der Waals surface area contributed by atoms with Gasteiger partial charge in [-0.05, 0) is 13.8 Å². The highest BCUT2D eigenvalue weighted by molar-refractivity contribution is 6.06. The molecular formula is C14H23N3O3. The van der Waals surface area contributed by atoms with E-state index in [1.165, 1.54) is 0 Å². The van der Waals surface area contributed by atoms with Gasteiger partial charge in [-0.2, -0.15) is 0 Å². The van der Waals surface area contributed by atoms with E-state index in [1.807, 2.05) is 4.90 Å². The normalized spacial score (nSPS) is 19.1. The molecule has 0 aliphatic carbocycles. The zero-order valence-corrected chi connectivity index (χ0v) is 12.1. The molecule has 0 unspecified atom stereocenters. The minimum atomic E-state index is -0.904. The van der Waals surface area contributed by atoms with Gasteiger partial charge in [0.05, 0.1) is 12.6 Å². The summed E-state index contributed by atoms with van der Waals surface area (Å²) in [5, 5.41) is 12.6. The standard InChI is InChI=1S/C14H23N3O3/c1-5-7-16(8-6-2)9-11(18)10-17-12(19)14(3,4)15-13(17)20/h5-6,11,18H,1-2,7-10H2,3-4H3,(H,15,20)/t11-/m0/s1. The average molecular weight is 281 g/mol. The summed E-state index contributed by atoms with van der Waals surface area (Å²) in [4.78, 5) is 26.7. The monoisotopic (exact) mass is 281 g/mol. The summed E-state index contributed by atoms with van der Waals surface area (Å²) in [5.74, 6) is -0.319. The fraction of sp³-hybridized carbons (Fsp3) is 0.571. The van der Waals surface area contributed by atoms with Crippen LogP contribution in [0.1, 0.15) is 13.8 Å². The molecule has 1 heterocycles. The second kappa shape index (κ2) is 6.67. The topological polar surface area (TPSA) is 72.9 Å². The lowest BCUT2D eigenvalue weighted by Gasteiger charge is -2.24. The zero-order valence-electron chi connectivity index (χ0n) is 12.1. The maximum atomic E-state index is 12.0. The van der Waals surface area contributed by atoms with Crippen molar-refractivity contribution < 1.29 is 14.7 Å². The first-order valence-corrected chi connectivity index (χ1v) is 6.58. The van der Waals surface area contributed by atoms with Gasteiger partial charge in [-0.25, -0.2) is 4.79 Å². The number of carbonyl (C=O) groups is 2. The maximum Gasteiger partial charge on any atom is 0.325 e. The summed E-state index contributed by atoms with van der Waals surface area (Å²) in [6, 6.07) is -0.460. The molecule has 0 radical (unpaired) electrons. The van der Waals surface area contributed by atoms with Gasteiger partial charge in [0.25, 0.3) is 5.91 Å². The molecule has 1 rings (SSSR count). The lowest BCUT2D eigenvalue weighted by atomic mass is 10.1. The van der Waals surface area contributed by atoms with Gasteiger partial charge in [-0.3, -0.25) is 14.6 Å². The van der Waals surface area contributed by atoms with Crippen molar-refractivity contribution in [2.75, 3.05) is 26.2 Å². The molecule has 1 fully saturated rings. The van der Waals surface area contributed by atoms with E-state index < -0.39 is 17.7 Å². The number of aliphatic hydroxyl groups is 1. The second-order valence-corrected chi connectivity index (χ2v) is 5.42. The molecule has 0 saturated carbocycles. The van der Waals surface area contributed by atoms with E-state index >= 15 is 0 Å². The largest absolute Gasteiger partial charge is 0.390 e. The third-order valence-corrected chi connectivity index (χ3v) is 3.08. The average Bonchev–Trinajstić information content (AvgIpc) is 2.52. The smallest absolute Gasteiger partial charge is 0.325 e. The van der Waals surface area contributed by atoms with Gasteiger partial charge in [0.2, 0.25) is 0 Å². The molecule has 6 heteroatoms. The molecule has 0 spiro atoms. The zero-order chi connectivity index (χ0) is 15.3. The van der Waals surface area contributed by atoms with Crippen LogP contribution in [-0.2, 0) is 4.79 Å². The SMILES string of the molecule is C=CCN(CC=C)C[C@H](O)CN1C(=O)NC(C)(C)C1=O. The van der Waals surface area contributed by atoms with Gasteiger partial charge < -0.3 is 10.4 Å². The van der Waals surface area contributed by atoms with Crippen LogP contribution in [0.25, 0.3) is 0 Å². The highest BCUT2D eigenvalue weighted by Gasteiger charge is 2.44. The summed E-state index contributed by atoms with van der Waals surface area (Å²) in [5.41, 5.74) is -0.904. The van der Waals surface area contributed by atoms with E-state index in [9.17, 15) is 14.7 Å². The van der Waals surface area contributed by atoms with E-state index in [4.69, 9.17) is 0 Å². The van der Waals surface area contributed by atoms with Gasteiger partial charge >= 0.3 is 6.03 Å². The number of rotatable bonds is 8. The summed E-state index contributed by atoms with van der Waals surface area (Å²) >= 11 is 0. The Labute approximate surface area is 119 Å². The number of nitrogens with one attached hydrogen (secondary N) is 1. The van der Waals surface area contributed by atoms with Crippen molar-refractivity contribution in [3.05, 3.63) is 25.3 Å². The molecular weight excluding hydrogens is 258 g/mol. The quantitative estimate of drug-likeness (QED) is 0.497. The first-order chi connectivity index (χ1) is 9.31. The Hall–Kier alpha value is -1.66. The van der Waals surface area contributed by atoms with E-state index in [2.05, 4.69) is 18.5 Å². The van der Waals surface area contributed by atoms with Gasteiger partial charge in [0, 0.05) is 19.6 Å². The summed E-state index contributed by atoms with van der Waals surface area (Å²) in [6.45, 7) is 12.1. The number of nitrogens with zero attached hydrogens (tertiary/aromatic N) is 2. The third-order valence-electron chi connectivity index (χ3n) is 3.08. The van der Waals surface area contributed by atoms with Crippen LogP contribution in [0.3, 0.4) is 0 Å². The number of aliphatic hydroxyl groups excluding tert-OH is 1. The van der Waals surface area contributed by atoms with Crippen LogP contribution in [0.15, 0.2) is 25.3 Å². The van der Waals surface area contributed by atoms with Crippen LogP contribution in [0.5, 0.6) is 0 Å². The van der Waals surface area contributed by atoms with Gasteiger partial charge in [-0.1, -0.05) is 12.2 Å². The van der Waals surface area contributed by atoms with Crippen molar-refractivity contribution in [3.63, 3.8) is 0 Å². The fourth-order valence-corrected chi connectivity index (χ4v) is 2.14. The lowest BCUT2D eigenvalue weighted by Crippen LogP contribution is -2.44. The minimum absolute atomic E-state index is 0.0150. The number of imide groups is 1. The van der Waals surface area contributed by atoms with Crippen molar-refractivity contribution in [2.45, 2.75) is 25.5 Å². The summed E-state index contributed by atoms with van der Waals surface area (Å²) in [7, 11) is 0. The number of β-amino-alcohol motifs (C(OH)–C–C–N with tert-alkyl or cyclic N) is 1. The van der Waals surface area contributed by atoms with Gasteiger partial charge in [-0.15, -0.1) is 13.2 Å². The van der Waals surface area contributed by atoms with Crippen LogP contribution < -0.4 is 5.32 Å². The Morgan fingerprint density at radius 1 is 1.35 bits per heavy atom. The molecule has 0 aromatic carbocycles. The number of hydrogen-bond acceptors (Lipinski definition) is 4. The van der Waals surface area contributed by atoms with Crippen LogP contribution in [0.2, 0.25) is 0 Å². The number of carbonyl (C=O) groups excluding carboxylic acids is 2. The van der Waals surface area contributed by atoms with Crippen molar-refractivity contribution in [1.82, 2.24) is 15.1 Å². The fourth-order valence-electron chi connectivity index (χ4n) is 2.14. The van der Waals surface area contributed by atoms with Crippen LogP contribution >= 0.6 is 0 Å². The first kappa shape index (κ1) is 16.4. The van der Waals surface area contributed by atoms with E-state index in [-0.39, 0.29) is 12.5 Å². The van der Waals surface area contributed by atoms with Crippen LogP contribution in [0.4, 0.5) is 4.79 Å². The van der Waals surface area contributed by atoms with Crippen molar-refractivity contribution in [1.29, 1.82) is 0 Å². The molecule has 0 aromatic rings. The maximum absolute atomic E-state index is 12.0. The van der Waals surface area contributed by atoms with E-state index in [1.54, 1.807) is 26.0 Å². The molecule has 6 nitrogen and oxygen atoms in total. The Morgan fingerprint density at radius 2 is 1.90 bits per heavy atom. The third kappa shape index (κ3) is 3.91. The lowest BCUT2D eigenvalue weighted by molar-refractivity contribution is -0.131. The molecule has 112 valence electrons. The first-order valence-electron chi connectivity index (χ1n) is 6.58. The van der Waals surface area contributed by atoms with Gasteiger partial charge in [0.15, 0.2) is 0 Å². The Balaban J connectivity index is 2.59. The summed E-state index contributed by atoms with van der Waals surface area (Å²) < 4.78 is 0. The molecule has 1 saturated heterocycles. The van der Waals surface area contributed by atoms with Crippen molar-refractivity contribution in [2.24, 2.45) is 0 Å². The molecule has 20 heavy (non-hydrogen) atoms. The minimum Gasteiger partial charge on any atom is -0.390 e. The molecule has 0 bridgehead atoms. The highest BCUT2D eigenvalue weighted by atomic mass is 16.3. The van der Waals surface area contributed by atoms with Gasteiger partial charge in [0.1, 0.15) is 5.54 Å². The summed E-state index contributed by atoms with van der Waals surface area (Å²) in [6.07, 6.45) is 2.65. The molecule has 0 aromatic heterocycles. The number of amides is 3. The molecule has 2 N–H and O–H groups in total. The predicted molar refractivity (Wildman–Crippen MR) is 77.2 cm³/mol. The predicted octanol–water partition coefficient (Wildman–Crippen LogP) is 0.352. The second-order valence-electron chi connectivity index (χ2n) is 5.42. The van der Waals surface area contributed by atoms with Crippen LogP contribution in [-0.4, -0.2) is 64.7 Å². The van der Waals surface area contributed by atoms with Crippen molar-refractivity contribution >= 4 is 11.9 Å². The molecule has 3 amide bonds. The number of urea groups is 1. The van der Waals surface area contributed by atoms with E-state index in [0.717, 1.165) is 4.90 Å². The van der Waals surface area contributed by atoms with E-state index in [0.29, 0.717) is 19.6 Å². The Bertz CT molecular complexity index is 396. The Morgan fingerprint density at radius 3 is 2.30 bits per heavy atom. The molecule has 1 atom stereocenters. The number of hydrogen-bond donors (Lipinski definition) is 2. The Kier molecular flexibility index (Phi) is 5.47. The van der Waals surface area contributed by atoms with Crippen LogP contribution in [0, 0.1) is 0 Å². The van der Waals surface area contributed by atoms with Crippen molar-refractivity contribution in [3.8, 4) is 0 Å².